The van der Waals surface area contributed by atoms with Crippen molar-refractivity contribution in [3.05, 3.63) is 66.9 Å². The zero-order chi connectivity index (χ0) is 43.6. The Balaban J connectivity index is 0.000000172. The van der Waals surface area contributed by atoms with Crippen LogP contribution in [0.2, 0.25) is 0 Å². The van der Waals surface area contributed by atoms with Crippen LogP contribution >= 0.6 is 0 Å². The first-order chi connectivity index (χ1) is 29.9. The summed E-state index contributed by atoms with van der Waals surface area (Å²) in [6.45, 7) is 20.9. The van der Waals surface area contributed by atoms with E-state index in [2.05, 4.69) is 63.2 Å². The van der Waals surface area contributed by atoms with E-state index < -0.39 is 5.97 Å². The van der Waals surface area contributed by atoms with E-state index in [0.717, 1.165) is 46.8 Å². The van der Waals surface area contributed by atoms with Crippen molar-refractivity contribution in [1.82, 2.24) is 15.0 Å². The highest BCUT2D eigenvalue weighted by molar-refractivity contribution is 6.05. The second-order valence-electron chi connectivity index (χ2n) is 20.3. The molecule has 9 nitrogen and oxygen atoms in total. The molecule has 332 valence electrons. The molecule has 5 aliphatic rings. The number of hydrogen-bond acceptors (Lipinski definition) is 9. The van der Waals surface area contributed by atoms with Crippen LogP contribution in [0.15, 0.2) is 71.3 Å². The number of ether oxygens (including phenoxy) is 2. The number of benzene rings is 1. The molecule has 62 heavy (non-hydrogen) atoms. The number of fused-ring (bicyclic) bond motifs is 8. The monoisotopic (exact) mass is 843 g/mol. The average Bonchev–Trinajstić information content (AvgIpc) is 3.83. The van der Waals surface area contributed by atoms with Crippen molar-refractivity contribution in [1.29, 1.82) is 0 Å². The molecule has 4 aromatic rings. The van der Waals surface area contributed by atoms with Gasteiger partial charge in [-0.1, -0.05) is 83.7 Å². The number of pyridine rings is 1. The third kappa shape index (κ3) is 9.03. The summed E-state index contributed by atoms with van der Waals surface area (Å²) in [7, 11) is 0. The second-order valence-corrected chi connectivity index (χ2v) is 20.3. The van der Waals surface area contributed by atoms with Gasteiger partial charge < -0.3 is 23.6 Å². The molecule has 1 aromatic carbocycles. The van der Waals surface area contributed by atoms with Crippen molar-refractivity contribution in [2.75, 3.05) is 31.2 Å². The van der Waals surface area contributed by atoms with Gasteiger partial charge in [-0.25, -0.2) is 15.0 Å². The molecule has 0 N–H and O–H groups in total. The van der Waals surface area contributed by atoms with Crippen LogP contribution in [0.3, 0.4) is 0 Å². The maximum atomic E-state index is 12.1. The van der Waals surface area contributed by atoms with Crippen LogP contribution in [0.4, 0.5) is 5.82 Å². The highest BCUT2D eigenvalue weighted by Gasteiger charge is 2.59. The molecule has 0 radical (unpaired) electrons. The third-order valence-electron chi connectivity index (χ3n) is 16.1. The Labute approximate surface area is 369 Å². The molecule has 9 rings (SSSR count). The number of furan rings is 1. The normalized spacial score (nSPS) is 28.6. The summed E-state index contributed by atoms with van der Waals surface area (Å²) in [5, 5.41) is 0.803. The van der Waals surface area contributed by atoms with Crippen LogP contribution in [0, 0.1) is 52.3 Å². The maximum absolute atomic E-state index is 12.1. The number of carbonyl (C=O) groups is 2. The summed E-state index contributed by atoms with van der Waals surface area (Å²) < 4.78 is 16.9. The molecule has 1 aliphatic heterocycles. The Morgan fingerprint density at radius 1 is 0.984 bits per heavy atom. The highest BCUT2D eigenvalue weighted by Crippen LogP contribution is 2.67. The van der Waals surface area contributed by atoms with E-state index in [9.17, 15) is 9.59 Å². The Kier molecular flexibility index (Phi) is 13.4. The van der Waals surface area contributed by atoms with Gasteiger partial charge in [0.2, 0.25) is 5.71 Å². The lowest BCUT2D eigenvalue weighted by molar-refractivity contribution is -0.135. The van der Waals surface area contributed by atoms with Crippen molar-refractivity contribution < 1.29 is 23.5 Å². The van der Waals surface area contributed by atoms with Crippen LogP contribution in [-0.2, 0) is 14.3 Å². The predicted octanol–water partition coefficient (Wildman–Crippen LogP) is 12.4. The zero-order valence-corrected chi connectivity index (χ0v) is 38.3. The third-order valence-corrected chi connectivity index (χ3v) is 16.1. The van der Waals surface area contributed by atoms with Gasteiger partial charge in [0.15, 0.2) is 17.2 Å². The van der Waals surface area contributed by atoms with E-state index in [1.54, 1.807) is 24.4 Å². The van der Waals surface area contributed by atoms with E-state index in [1.165, 1.54) is 77.6 Å². The zero-order valence-electron chi connectivity index (χ0n) is 38.3. The van der Waals surface area contributed by atoms with Gasteiger partial charge in [0.05, 0.1) is 25.0 Å². The minimum atomic E-state index is -0.459. The molecule has 8 atom stereocenters. The van der Waals surface area contributed by atoms with Crippen LogP contribution < -0.4 is 9.64 Å². The summed E-state index contributed by atoms with van der Waals surface area (Å²) in [4.78, 5) is 39.2. The van der Waals surface area contributed by atoms with E-state index in [4.69, 9.17) is 23.9 Å². The molecule has 0 amide bonds. The summed E-state index contributed by atoms with van der Waals surface area (Å²) in [5.41, 5.74) is 5.40. The molecule has 4 aliphatic carbocycles. The topological polar surface area (TPSA) is 108 Å². The van der Waals surface area contributed by atoms with Crippen molar-refractivity contribution in [2.24, 2.45) is 52.3 Å². The van der Waals surface area contributed by atoms with Gasteiger partial charge >= 0.3 is 5.97 Å². The SMILES string of the molecule is C=CC1CC[C@@]2(C)C(=CC[C@H]3[C@@H]4CC[C@H]([C@H](C)CCCC(C)C)[C@@]4(C)CC[C@@H]32)C1.CC(=O)CCC(=O)Oc1cccc(-c2nc(N3CCOCC3)c3oc4ncccc4c3n2)c1. The first-order valence-electron chi connectivity index (χ1n) is 23.9. The average molecular weight is 843 g/mol. The first-order valence-corrected chi connectivity index (χ1v) is 23.9. The second kappa shape index (κ2) is 18.8. The van der Waals surface area contributed by atoms with Crippen molar-refractivity contribution >= 4 is 39.8 Å². The fourth-order valence-electron chi connectivity index (χ4n) is 12.7. The number of aromatic nitrogens is 3. The number of carbonyl (C=O) groups excluding carboxylic acids is 2. The Morgan fingerprint density at radius 3 is 2.58 bits per heavy atom. The van der Waals surface area contributed by atoms with Crippen LogP contribution in [0.1, 0.15) is 125 Å². The number of anilines is 1. The molecular weight excluding hydrogens is 773 g/mol. The van der Waals surface area contributed by atoms with Gasteiger partial charge in [-0.05, 0) is 135 Å². The number of rotatable bonds is 12. The van der Waals surface area contributed by atoms with Crippen LogP contribution in [-0.4, -0.2) is 53.0 Å². The summed E-state index contributed by atoms with van der Waals surface area (Å²) >= 11 is 0. The fraction of sp³-hybridized carbons (Fsp3) is 0.604. The minimum Gasteiger partial charge on any atom is -0.432 e. The van der Waals surface area contributed by atoms with Crippen LogP contribution in [0.5, 0.6) is 5.75 Å². The molecule has 3 aromatic heterocycles. The smallest absolute Gasteiger partial charge is 0.311 e. The van der Waals surface area contributed by atoms with Crippen LogP contribution in [0.25, 0.3) is 33.6 Å². The van der Waals surface area contributed by atoms with Gasteiger partial charge in [0, 0.05) is 31.3 Å². The standard InChI is InChI=1S/C29H48.C24H22N4O5/c1-7-22-15-17-28(5)23(19-22)11-12-24-26-14-13-25(21(4)10-8-9-20(2)3)29(26,6)18-16-27(24)28;1-15(29)7-8-19(30)32-17-5-2-4-16(14-17)22-26-20-18-6-3-9-25-24(18)33-21(20)23(27-22)28-10-12-31-13-11-28/h7,11,20-22,24-27H,1,8-10,12-19H2,2-6H3;2-6,9,14H,7-8,10-13H2,1H3/t21-,22?,24+,25-,26+,27+,28+,29-;/m1./s1. The number of allylic oxidation sites excluding steroid dienone is 3. The Morgan fingerprint density at radius 2 is 1.81 bits per heavy atom. The molecule has 9 heteroatoms. The number of hydrogen-bond donors (Lipinski definition) is 0. The summed E-state index contributed by atoms with van der Waals surface area (Å²) in [6, 6.07) is 10.8. The lowest BCUT2D eigenvalue weighted by Gasteiger charge is -2.58. The maximum Gasteiger partial charge on any atom is 0.311 e. The van der Waals surface area contributed by atoms with Gasteiger partial charge in [0.25, 0.3) is 0 Å². The molecule has 3 saturated carbocycles. The van der Waals surface area contributed by atoms with E-state index in [1.807, 2.05) is 23.8 Å². The Hall–Kier alpha value is -4.37. The van der Waals surface area contributed by atoms with Gasteiger partial charge in [-0.2, -0.15) is 0 Å². The van der Waals surface area contributed by atoms with Crippen molar-refractivity contribution in [3.63, 3.8) is 0 Å². The lowest BCUT2D eigenvalue weighted by Crippen LogP contribution is -2.50. The number of ketones is 1. The summed E-state index contributed by atoms with van der Waals surface area (Å²) in [5.74, 6) is 7.45. The Bertz CT molecular complexity index is 2270. The highest BCUT2D eigenvalue weighted by atomic mass is 16.5. The quantitative estimate of drug-likeness (QED) is 0.0782. The van der Waals surface area contributed by atoms with Gasteiger partial charge in [0.1, 0.15) is 17.0 Å². The van der Waals surface area contributed by atoms with E-state index in [0.29, 0.717) is 76.9 Å². The molecule has 4 heterocycles. The molecular formula is C53H70N4O5. The number of Topliss-reactive ketones (excluding diaryl/α,β-unsaturated/α-hetero) is 1. The predicted molar refractivity (Wildman–Crippen MR) is 248 cm³/mol. The fourth-order valence-corrected chi connectivity index (χ4v) is 12.7. The minimum absolute atomic E-state index is 0.0389. The molecule has 1 saturated heterocycles. The molecule has 4 fully saturated rings. The van der Waals surface area contributed by atoms with E-state index in [-0.39, 0.29) is 18.6 Å². The number of esters is 1. The number of morpholine rings is 1. The summed E-state index contributed by atoms with van der Waals surface area (Å²) in [6.07, 6.45) is 22.7. The van der Waals surface area contributed by atoms with Gasteiger partial charge in [-0.3, -0.25) is 4.79 Å². The van der Waals surface area contributed by atoms with Crippen molar-refractivity contribution in [3.8, 4) is 17.1 Å². The molecule has 1 unspecified atom stereocenters. The van der Waals surface area contributed by atoms with Crippen molar-refractivity contribution in [2.45, 2.75) is 125 Å². The molecule has 0 bridgehead atoms. The molecule has 0 spiro atoms. The lowest BCUT2D eigenvalue weighted by atomic mass is 9.46. The first kappa shape index (κ1) is 44.2. The van der Waals surface area contributed by atoms with E-state index >= 15 is 0 Å². The largest absolute Gasteiger partial charge is 0.432 e. The van der Waals surface area contributed by atoms with Gasteiger partial charge in [-0.15, -0.1) is 6.58 Å². The number of nitrogens with zero attached hydrogens (tertiary/aromatic N) is 4.